The van der Waals surface area contributed by atoms with Crippen LogP contribution in [0.4, 0.5) is 0 Å². The molecular formula is C16H26BrNS. The molecule has 0 radical (unpaired) electrons. The molecule has 19 heavy (non-hydrogen) atoms. The van der Waals surface area contributed by atoms with Gasteiger partial charge >= 0.3 is 0 Å². The summed E-state index contributed by atoms with van der Waals surface area (Å²) >= 11 is 5.46. The number of rotatable bonds is 7. The number of hydrogen-bond donors (Lipinski definition) is 1. The number of nitrogens with one attached hydrogen (secondary N) is 1. The highest BCUT2D eigenvalue weighted by atomic mass is 79.9. The summed E-state index contributed by atoms with van der Waals surface area (Å²) in [6.07, 6.45) is 8.10. The molecule has 1 aliphatic carbocycles. The van der Waals surface area contributed by atoms with Crippen LogP contribution >= 0.6 is 27.3 Å². The average molecular weight is 344 g/mol. The van der Waals surface area contributed by atoms with Gasteiger partial charge in [-0.25, -0.2) is 0 Å². The van der Waals surface area contributed by atoms with Crippen LogP contribution in [0, 0.1) is 11.8 Å². The molecule has 108 valence electrons. The van der Waals surface area contributed by atoms with Crippen LogP contribution in [-0.4, -0.2) is 12.6 Å². The smallest absolute Gasteiger partial charge is 0.0285 e. The van der Waals surface area contributed by atoms with E-state index in [2.05, 4.69) is 46.5 Å². The van der Waals surface area contributed by atoms with E-state index in [1.807, 2.05) is 11.3 Å². The molecule has 0 bridgehead atoms. The summed E-state index contributed by atoms with van der Waals surface area (Å²) in [5, 5.41) is 6.01. The van der Waals surface area contributed by atoms with Crippen molar-refractivity contribution in [3.8, 4) is 0 Å². The lowest BCUT2D eigenvalue weighted by atomic mass is 9.93. The van der Waals surface area contributed by atoms with E-state index in [9.17, 15) is 0 Å². The molecule has 1 fully saturated rings. The van der Waals surface area contributed by atoms with Crippen molar-refractivity contribution in [2.75, 3.05) is 6.54 Å². The molecule has 3 unspecified atom stereocenters. The fourth-order valence-electron chi connectivity index (χ4n) is 3.26. The minimum absolute atomic E-state index is 0.682. The highest BCUT2D eigenvalue weighted by Crippen LogP contribution is 2.36. The van der Waals surface area contributed by atoms with Crippen LogP contribution in [-0.2, 0) is 6.42 Å². The highest BCUT2D eigenvalue weighted by Gasteiger charge is 2.29. The first-order chi connectivity index (χ1) is 9.22. The second kappa shape index (κ2) is 7.80. The molecule has 1 nitrogen and oxygen atoms in total. The molecule has 3 heteroatoms. The van der Waals surface area contributed by atoms with Gasteiger partial charge in [0.1, 0.15) is 0 Å². The zero-order valence-electron chi connectivity index (χ0n) is 12.1. The van der Waals surface area contributed by atoms with Crippen molar-refractivity contribution < 1.29 is 0 Å². The minimum Gasteiger partial charge on any atom is -0.313 e. The maximum Gasteiger partial charge on any atom is 0.0285 e. The molecule has 2 rings (SSSR count). The van der Waals surface area contributed by atoms with Crippen molar-refractivity contribution in [2.24, 2.45) is 11.8 Å². The Hall–Kier alpha value is 0.140. The normalized spacial score (nSPS) is 24.8. The van der Waals surface area contributed by atoms with Crippen molar-refractivity contribution in [3.63, 3.8) is 0 Å². The number of hydrogen-bond acceptors (Lipinski definition) is 2. The van der Waals surface area contributed by atoms with Gasteiger partial charge < -0.3 is 5.32 Å². The van der Waals surface area contributed by atoms with Crippen LogP contribution in [0.5, 0.6) is 0 Å². The maximum atomic E-state index is 3.81. The lowest BCUT2D eigenvalue weighted by Gasteiger charge is -2.24. The van der Waals surface area contributed by atoms with Crippen molar-refractivity contribution in [3.05, 3.63) is 20.8 Å². The predicted octanol–water partition coefficient (Wildman–Crippen LogP) is 5.25. The van der Waals surface area contributed by atoms with E-state index < -0.39 is 0 Å². The number of thiophene rings is 1. The first-order valence-corrected chi connectivity index (χ1v) is 9.36. The van der Waals surface area contributed by atoms with Gasteiger partial charge in [-0.3, -0.25) is 0 Å². The summed E-state index contributed by atoms with van der Waals surface area (Å²) in [5.41, 5.74) is 0. The Balaban J connectivity index is 1.95. The Kier molecular flexibility index (Phi) is 6.37. The predicted molar refractivity (Wildman–Crippen MR) is 88.9 cm³/mol. The SMILES string of the molecule is CCCNC(Cc1cc(Br)cs1)C1CCC(CC)C1. The van der Waals surface area contributed by atoms with Gasteiger partial charge in [0, 0.05) is 20.8 Å². The van der Waals surface area contributed by atoms with Crippen molar-refractivity contribution in [2.45, 2.75) is 58.4 Å². The molecule has 1 aromatic rings. The fraction of sp³-hybridized carbons (Fsp3) is 0.750. The minimum atomic E-state index is 0.682. The van der Waals surface area contributed by atoms with Crippen molar-refractivity contribution in [1.82, 2.24) is 5.32 Å². The topological polar surface area (TPSA) is 12.0 Å². The molecule has 0 aliphatic heterocycles. The molecule has 0 aromatic carbocycles. The number of halogens is 1. The fourth-order valence-corrected chi connectivity index (χ4v) is 4.77. The van der Waals surface area contributed by atoms with Crippen LogP contribution in [0.3, 0.4) is 0 Å². The van der Waals surface area contributed by atoms with Gasteiger partial charge in [-0.15, -0.1) is 11.3 Å². The summed E-state index contributed by atoms with van der Waals surface area (Å²) in [6.45, 7) is 5.76. The van der Waals surface area contributed by atoms with Gasteiger partial charge in [0.2, 0.25) is 0 Å². The van der Waals surface area contributed by atoms with Gasteiger partial charge in [0.25, 0.3) is 0 Å². The molecule has 0 amide bonds. The van der Waals surface area contributed by atoms with E-state index in [1.54, 1.807) is 0 Å². The van der Waals surface area contributed by atoms with Crippen LogP contribution in [0.2, 0.25) is 0 Å². The lowest BCUT2D eigenvalue weighted by molar-refractivity contribution is 0.345. The Bertz CT molecular complexity index is 377. The standard InChI is InChI=1S/C16H26BrNS/c1-3-7-18-16(10-15-9-14(17)11-19-15)13-6-5-12(4-2)8-13/h9,11-13,16,18H,3-8,10H2,1-2H3. The largest absolute Gasteiger partial charge is 0.313 e. The second-order valence-corrected chi connectivity index (χ2v) is 7.75. The third-order valence-electron chi connectivity index (χ3n) is 4.43. The van der Waals surface area contributed by atoms with Crippen LogP contribution in [0.15, 0.2) is 15.9 Å². The Labute approximate surface area is 130 Å². The molecule has 0 saturated heterocycles. The lowest BCUT2D eigenvalue weighted by Crippen LogP contribution is -2.37. The van der Waals surface area contributed by atoms with Gasteiger partial charge in [0.15, 0.2) is 0 Å². The Morgan fingerprint density at radius 1 is 1.42 bits per heavy atom. The molecular weight excluding hydrogens is 318 g/mol. The molecule has 1 heterocycles. The molecule has 1 N–H and O–H groups in total. The zero-order valence-corrected chi connectivity index (χ0v) is 14.5. The first kappa shape index (κ1) is 15.5. The zero-order chi connectivity index (χ0) is 13.7. The van der Waals surface area contributed by atoms with Gasteiger partial charge in [-0.05, 0) is 66.1 Å². The maximum absolute atomic E-state index is 3.81. The van der Waals surface area contributed by atoms with E-state index >= 15 is 0 Å². The van der Waals surface area contributed by atoms with E-state index in [0.717, 1.165) is 18.4 Å². The van der Waals surface area contributed by atoms with E-state index in [4.69, 9.17) is 0 Å². The average Bonchev–Trinajstić information content (AvgIpc) is 3.03. The second-order valence-electron chi connectivity index (χ2n) is 5.84. The molecule has 1 saturated carbocycles. The van der Waals surface area contributed by atoms with E-state index in [0.29, 0.717) is 6.04 Å². The monoisotopic (exact) mass is 343 g/mol. The molecule has 1 aromatic heterocycles. The van der Waals surface area contributed by atoms with E-state index in [-0.39, 0.29) is 0 Å². The van der Waals surface area contributed by atoms with Gasteiger partial charge in [-0.2, -0.15) is 0 Å². The summed E-state index contributed by atoms with van der Waals surface area (Å²) in [5.74, 6) is 1.86. The highest BCUT2D eigenvalue weighted by molar-refractivity contribution is 9.10. The van der Waals surface area contributed by atoms with E-state index in [1.165, 1.54) is 47.9 Å². The quantitative estimate of drug-likeness (QED) is 0.712. The molecule has 1 aliphatic rings. The van der Waals surface area contributed by atoms with Crippen molar-refractivity contribution >= 4 is 27.3 Å². The molecule has 0 spiro atoms. The third-order valence-corrected chi connectivity index (χ3v) is 6.15. The van der Waals surface area contributed by atoms with Crippen LogP contribution < -0.4 is 5.32 Å². The first-order valence-electron chi connectivity index (χ1n) is 7.69. The summed E-state index contributed by atoms with van der Waals surface area (Å²) < 4.78 is 1.24. The van der Waals surface area contributed by atoms with Crippen molar-refractivity contribution in [1.29, 1.82) is 0 Å². The van der Waals surface area contributed by atoms with Gasteiger partial charge in [-0.1, -0.05) is 26.7 Å². The summed E-state index contributed by atoms with van der Waals surface area (Å²) in [7, 11) is 0. The van der Waals surface area contributed by atoms with Crippen LogP contribution in [0.1, 0.15) is 50.8 Å². The Morgan fingerprint density at radius 2 is 2.26 bits per heavy atom. The summed E-state index contributed by atoms with van der Waals surface area (Å²) in [6, 6.07) is 2.97. The Morgan fingerprint density at radius 3 is 2.84 bits per heavy atom. The molecule has 3 atom stereocenters. The van der Waals surface area contributed by atoms with Crippen LogP contribution in [0.25, 0.3) is 0 Å². The van der Waals surface area contributed by atoms with Gasteiger partial charge in [0.05, 0.1) is 0 Å². The third kappa shape index (κ3) is 4.57. The summed E-state index contributed by atoms with van der Waals surface area (Å²) in [4.78, 5) is 1.51.